The van der Waals surface area contributed by atoms with Gasteiger partial charge in [-0.3, -0.25) is 4.79 Å². The minimum atomic E-state index is -0.655. The highest BCUT2D eigenvalue weighted by atomic mass is 32.2. The van der Waals surface area contributed by atoms with E-state index in [0.29, 0.717) is 11.6 Å². The smallest absolute Gasteiger partial charge is 0.328 e. The largest absolute Gasteiger partial charge is 0.467 e. The predicted octanol–water partition coefficient (Wildman–Crippen LogP) is 2.80. The SMILES string of the molecule is CCn1c2ccccc2c2nnc(SCC(=O)N[C@H](CC(C)C)C(=O)OC)nc21. The lowest BCUT2D eigenvalue weighted by Crippen LogP contribution is -2.43. The van der Waals surface area contributed by atoms with Crippen molar-refractivity contribution in [2.24, 2.45) is 5.92 Å². The zero-order valence-electron chi connectivity index (χ0n) is 17.0. The summed E-state index contributed by atoms with van der Waals surface area (Å²) in [6, 6.07) is 7.32. The fourth-order valence-corrected chi connectivity index (χ4v) is 3.86. The lowest BCUT2D eigenvalue weighted by atomic mass is 10.0. The van der Waals surface area contributed by atoms with E-state index in [1.54, 1.807) is 0 Å². The zero-order valence-corrected chi connectivity index (χ0v) is 17.8. The Balaban J connectivity index is 1.74. The third kappa shape index (κ3) is 4.67. The molecule has 0 aliphatic carbocycles. The quantitative estimate of drug-likeness (QED) is 0.446. The van der Waals surface area contributed by atoms with Crippen molar-refractivity contribution in [3.8, 4) is 0 Å². The number of aryl methyl sites for hydroxylation is 1. The molecule has 0 saturated carbocycles. The van der Waals surface area contributed by atoms with Crippen LogP contribution in [0.25, 0.3) is 22.1 Å². The summed E-state index contributed by atoms with van der Waals surface area (Å²) in [5, 5.41) is 12.7. The molecule has 3 rings (SSSR count). The Kier molecular flexibility index (Phi) is 6.68. The normalized spacial score (nSPS) is 12.4. The Labute approximate surface area is 173 Å². The molecule has 0 fully saturated rings. The van der Waals surface area contributed by atoms with Crippen molar-refractivity contribution < 1.29 is 14.3 Å². The molecule has 1 N–H and O–H groups in total. The van der Waals surface area contributed by atoms with E-state index >= 15 is 0 Å². The zero-order chi connectivity index (χ0) is 21.0. The third-order valence-corrected chi connectivity index (χ3v) is 5.37. The van der Waals surface area contributed by atoms with Gasteiger partial charge in [0.05, 0.1) is 18.4 Å². The second kappa shape index (κ2) is 9.21. The summed E-state index contributed by atoms with van der Waals surface area (Å²) >= 11 is 1.19. The molecule has 3 aromatic rings. The van der Waals surface area contributed by atoms with Crippen LogP contribution in [0.3, 0.4) is 0 Å². The summed E-state index contributed by atoms with van der Waals surface area (Å²) < 4.78 is 6.86. The van der Waals surface area contributed by atoms with Crippen LogP contribution in [0.1, 0.15) is 27.2 Å². The van der Waals surface area contributed by atoms with Gasteiger partial charge < -0.3 is 14.6 Å². The first-order chi connectivity index (χ1) is 13.9. The number of aromatic nitrogens is 4. The van der Waals surface area contributed by atoms with E-state index in [1.165, 1.54) is 18.9 Å². The van der Waals surface area contributed by atoms with Crippen molar-refractivity contribution in [3.63, 3.8) is 0 Å². The maximum Gasteiger partial charge on any atom is 0.328 e. The molecule has 1 aromatic carbocycles. The van der Waals surface area contributed by atoms with Gasteiger partial charge in [-0.1, -0.05) is 43.8 Å². The minimum Gasteiger partial charge on any atom is -0.467 e. The van der Waals surface area contributed by atoms with Crippen molar-refractivity contribution in [2.75, 3.05) is 12.9 Å². The maximum atomic E-state index is 12.3. The average Bonchev–Trinajstić information content (AvgIpc) is 3.03. The number of carbonyl (C=O) groups excluding carboxylic acids is 2. The van der Waals surface area contributed by atoms with Crippen molar-refractivity contribution in [1.82, 2.24) is 25.1 Å². The molecule has 0 unspecified atom stereocenters. The number of rotatable bonds is 8. The average molecular weight is 416 g/mol. The van der Waals surface area contributed by atoms with E-state index in [-0.39, 0.29) is 17.6 Å². The summed E-state index contributed by atoms with van der Waals surface area (Å²) in [7, 11) is 1.32. The molecule has 154 valence electrons. The number of nitrogens with zero attached hydrogens (tertiary/aromatic N) is 4. The molecule has 0 aliphatic heterocycles. The summed E-state index contributed by atoms with van der Waals surface area (Å²) in [6.07, 6.45) is 0.518. The standard InChI is InChI=1S/C20H25N5O3S/c1-5-25-15-9-7-6-8-13(15)17-18(25)22-20(24-23-17)29-11-16(26)21-14(10-12(2)3)19(27)28-4/h6-9,12,14H,5,10-11H2,1-4H3,(H,21,26)/t14-/m1/s1. The molecule has 0 saturated heterocycles. The number of fused-ring (bicyclic) bond motifs is 3. The minimum absolute atomic E-state index is 0.0884. The molecule has 2 aromatic heterocycles. The molecule has 0 radical (unpaired) electrons. The number of thioether (sulfide) groups is 1. The molecular formula is C20H25N5O3S. The lowest BCUT2D eigenvalue weighted by Gasteiger charge is -2.18. The van der Waals surface area contributed by atoms with Gasteiger partial charge in [0.2, 0.25) is 11.1 Å². The molecule has 9 heteroatoms. The number of amides is 1. The first-order valence-electron chi connectivity index (χ1n) is 9.56. The molecular weight excluding hydrogens is 390 g/mol. The molecule has 0 bridgehead atoms. The number of esters is 1. The van der Waals surface area contributed by atoms with Gasteiger partial charge in [-0.25, -0.2) is 9.78 Å². The van der Waals surface area contributed by atoms with Crippen LogP contribution in [0, 0.1) is 5.92 Å². The van der Waals surface area contributed by atoms with E-state index in [2.05, 4.69) is 32.0 Å². The van der Waals surface area contributed by atoms with Gasteiger partial charge in [0, 0.05) is 11.9 Å². The van der Waals surface area contributed by atoms with E-state index in [4.69, 9.17) is 4.74 Å². The van der Waals surface area contributed by atoms with Crippen molar-refractivity contribution in [2.45, 2.75) is 44.9 Å². The summed E-state index contributed by atoms with van der Waals surface area (Å²) in [4.78, 5) is 28.8. The number of methoxy groups -OCH3 is 1. The molecule has 29 heavy (non-hydrogen) atoms. The molecule has 2 heterocycles. The van der Waals surface area contributed by atoms with E-state index in [9.17, 15) is 9.59 Å². The Bertz CT molecular complexity index is 1030. The number of benzene rings is 1. The lowest BCUT2D eigenvalue weighted by molar-refractivity contribution is -0.145. The van der Waals surface area contributed by atoms with E-state index in [1.807, 2.05) is 38.1 Å². The highest BCUT2D eigenvalue weighted by Crippen LogP contribution is 2.26. The van der Waals surface area contributed by atoms with Gasteiger partial charge in [0.15, 0.2) is 5.65 Å². The molecule has 0 aliphatic rings. The summed E-state index contributed by atoms with van der Waals surface area (Å²) in [5.41, 5.74) is 2.55. The summed E-state index contributed by atoms with van der Waals surface area (Å²) in [5.74, 6) is -0.377. The summed E-state index contributed by atoms with van der Waals surface area (Å²) in [6.45, 7) is 6.77. The Morgan fingerprint density at radius 3 is 2.69 bits per heavy atom. The molecule has 1 amide bonds. The molecule has 0 spiro atoms. The first-order valence-corrected chi connectivity index (χ1v) is 10.5. The first kappa shape index (κ1) is 21.0. The number of ether oxygens (including phenoxy) is 1. The van der Waals surface area contributed by atoms with Crippen LogP contribution in [-0.4, -0.2) is 50.5 Å². The monoisotopic (exact) mass is 415 g/mol. The second-order valence-corrected chi connectivity index (χ2v) is 8.03. The van der Waals surface area contributed by atoms with Gasteiger partial charge in [-0.15, -0.1) is 10.2 Å². The van der Waals surface area contributed by atoms with Crippen LogP contribution in [0.5, 0.6) is 0 Å². The Morgan fingerprint density at radius 1 is 1.24 bits per heavy atom. The fourth-order valence-electron chi connectivity index (χ4n) is 3.26. The predicted molar refractivity (Wildman–Crippen MR) is 113 cm³/mol. The maximum absolute atomic E-state index is 12.3. The van der Waals surface area contributed by atoms with Gasteiger partial charge in [-0.05, 0) is 25.3 Å². The van der Waals surface area contributed by atoms with Crippen LogP contribution < -0.4 is 5.32 Å². The second-order valence-electron chi connectivity index (χ2n) is 7.09. The number of nitrogens with one attached hydrogen (secondary N) is 1. The van der Waals surface area contributed by atoms with Crippen LogP contribution in [0.2, 0.25) is 0 Å². The fraction of sp³-hybridized carbons (Fsp3) is 0.450. The highest BCUT2D eigenvalue weighted by Gasteiger charge is 2.23. The topological polar surface area (TPSA) is 99.0 Å². The van der Waals surface area contributed by atoms with Crippen LogP contribution in [0.4, 0.5) is 0 Å². The van der Waals surface area contributed by atoms with E-state index in [0.717, 1.165) is 28.6 Å². The molecule has 1 atom stereocenters. The molecule has 8 nitrogen and oxygen atoms in total. The Hall–Kier alpha value is -2.68. The highest BCUT2D eigenvalue weighted by molar-refractivity contribution is 7.99. The number of hydrogen-bond acceptors (Lipinski definition) is 7. The van der Waals surface area contributed by atoms with Gasteiger partial charge in [-0.2, -0.15) is 0 Å². The Morgan fingerprint density at radius 2 is 2.00 bits per heavy atom. The van der Waals surface area contributed by atoms with Gasteiger partial charge >= 0.3 is 5.97 Å². The van der Waals surface area contributed by atoms with Crippen molar-refractivity contribution in [1.29, 1.82) is 0 Å². The third-order valence-electron chi connectivity index (χ3n) is 4.53. The van der Waals surface area contributed by atoms with Crippen LogP contribution >= 0.6 is 11.8 Å². The number of para-hydroxylation sites is 1. The van der Waals surface area contributed by atoms with Crippen LogP contribution in [0.15, 0.2) is 29.4 Å². The van der Waals surface area contributed by atoms with E-state index < -0.39 is 12.0 Å². The van der Waals surface area contributed by atoms with Gasteiger partial charge in [0.25, 0.3) is 0 Å². The van der Waals surface area contributed by atoms with Crippen LogP contribution in [-0.2, 0) is 20.9 Å². The number of carbonyl (C=O) groups is 2. The van der Waals surface area contributed by atoms with Crippen molar-refractivity contribution in [3.05, 3.63) is 24.3 Å². The van der Waals surface area contributed by atoms with Crippen molar-refractivity contribution >= 4 is 45.7 Å². The van der Waals surface area contributed by atoms with Gasteiger partial charge in [0.1, 0.15) is 11.6 Å². The number of hydrogen-bond donors (Lipinski definition) is 1.